The molecule has 1 atom stereocenters. The molecule has 0 saturated carbocycles. The van der Waals surface area contributed by atoms with E-state index in [2.05, 4.69) is 15.0 Å². The molecular formula is C7H10ClN3O2S. The van der Waals surface area contributed by atoms with Crippen LogP contribution in [-0.4, -0.2) is 39.0 Å². The van der Waals surface area contributed by atoms with Crippen LogP contribution < -0.4 is 4.74 Å². The topological polar surface area (TPSA) is 68.1 Å². The van der Waals surface area contributed by atoms with Crippen molar-refractivity contribution in [2.75, 3.05) is 13.7 Å². The quantitative estimate of drug-likeness (QED) is 0.786. The van der Waals surface area contributed by atoms with Crippen LogP contribution in [0.5, 0.6) is 6.01 Å². The van der Waals surface area contributed by atoms with E-state index in [1.807, 2.05) is 6.92 Å². The lowest BCUT2D eigenvalue weighted by Crippen LogP contribution is -2.04. The van der Waals surface area contributed by atoms with Gasteiger partial charge in [0.2, 0.25) is 5.28 Å². The van der Waals surface area contributed by atoms with Crippen LogP contribution in [0.4, 0.5) is 0 Å². The van der Waals surface area contributed by atoms with Crippen molar-refractivity contribution in [2.24, 2.45) is 0 Å². The summed E-state index contributed by atoms with van der Waals surface area (Å²) >= 11 is 6.95. The highest BCUT2D eigenvalue weighted by Gasteiger charge is 2.09. The Bertz CT molecular complexity index is 313. The molecule has 0 aliphatic carbocycles. The van der Waals surface area contributed by atoms with Crippen LogP contribution in [0, 0.1) is 0 Å². The van der Waals surface area contributed by atoms with Gasteiger partial charge in [-0.05, 0) is 11.6 Å². The van der Waals surface area contributed by atoms with E-state index in [0.717, 1.165) is 0 Å². The first-order valence-corrected chi connectivity index (χ1v) is 5.14. The van der Waals surface area contributed by atoms with Gasteiger partial charge < -0.3 is 9.84 Å². The van der Waals surface area contributed by atoms with Gasteiger partial charge >= 0.3 is 6.01 Å². The van der Waals surface area contributed by atoms with E-state index in [1.54, 1.807) is 0 Å². The maximum absolute atomic E-state index is 8.84. The molecule has 0 amide bonds. The Morgan fingerprint density at radius 2 is 2.21 bits per heavy atom. The van der Waals surface area contributed by atoms with Crippen molar-refractivity contribution in [2.45, 2.75) is 17.3 Å². The van der Waals surface area contributed by atoms with Gasteiger partial charge in [-0.15, -0.1) is 0 Å². The number of aliphatic hydroxyl groups is 1. The van der Waals surface area contributed by atoms with Gasteiger partial charge in [-0.25, -0.2) is 0 Å². The molecule has 0 bridgehead atoms. The number of halogens is 1. The average Bonchev–Trinajstić information content (AvgIpc) is 2.16. The second-order valence-corrected chi connectivity index (χ2v) is 4.23. The summed E-state index contributed by atoms with van der Waals surface area (Å²) in [6, 6.07) is 0.178. The molecule has 5 nitrogen and oxygen atoms in total. The van der Waals surface area contributed by atoms with E-state index in [4.69, 9.17) is 21.4 Å². The van der Waals surface area contributed by atoms with E-state index in [-0.39, 0.29) is 23.2 Å². The van der Waals surface area contributed by atoms with Crippen LogP contribution in [0.15, 0.2) is 5.16 Å². The molecule has 14 heavy (non-hydrogen) atoms. The molecule has 1 aromatic rings. The Hall–Kier alpha value is -0.590. The molecule has 0 radical (unpaired) electrons. The van der Waals surface area contributed by atoms with Crippen molar-refractivity contribution in [1.82, 2.24) is 15.0 Å². The largest absolute Gasteiger partial charge is 0.467 e. The van der Waals surface area contributed by atoms with Gasteiger partial charge in [0, 0.05) is 5.25 Å². The first-order valence-electron chi connectivity index (χ1n) is 3.88. The van der Waals surface area contributed by atoms with Crippen LogP contribution in [0.25, 0.3) is 0 Å². The maximum Gasteiger partial charge on any atom is 0.321 e. The minimum atomic E-state index is 0.0122. The summed E-state index contributed by atoms with van der Waals surface area (Å²) in [6.07, 6.45) is 0. The van der Waals surface area contributed by atoms with Crippen LogP contribution in [-0.2, 0) is 0 Å². The molecule has 0 aliphatic rings. The third-order valence-electron chi connectivity index (χ3n) is 1.31. The summed E-state index contributed by atoms with van der Waals surface area (Å²) in [5.74, 6) is 0. The summed E-state index contributed by atoms with van der Waals surface area (Å²) in [5, 5.41) is 9.38. The van der Waals surface area contributed by atoms with Crippen molar-refractivity contribution in [3.05, 3.63) is 5.28 Å². The lowest BCUT2D eigenvalue weighted by Gasteiger charge is -2.06. The summed E-state index contributed by atoms with van der Waals surface area (Å²) in [7, 11) is 1.45. The van der Waals surface area contributed by atoms with Gasteiger partial charge in [-0.2, -0.15) is 15.0 Å². The van der Waals surface area contributed by atoms with Gasteiger partial charge in [-0.3, -0.25) is 0 Å². The maximum atomic E-state index is 8.84. The summed E-state index contributed by atoms with van der Waals surface area (Å²) in [5.41, 5.74) is 0. The van der Waals surface area contributed by atoms with Gasteiger partial charge in [0.05, 0.1) is 13.7 Å². The van der Waals surface area contributed by atoms with Crippen molar-refractivity contribution < 1.29 is 9.84 Å². The molecule has 1 heterocycles. The Morgan fingerprint density at radius 1 is 1.50 bits per heavy atom. The average molecular weight is 236 g/mol. The lowest BCUT2D eigenvalue weighted by atomic mass is 10.5. The van der Waals surface area contributed by atoms with Crippen molar-refractivity contribution >= 4 is 23.4 Å². The number of rotatable bonds is 4. The summed E-state index contributed by atoms with van der Waals surface area (Å²) in [4.78, 5) is 11.6. The SMILES string of the molecule is COc1nc(Cl)nc(SC(C)CO)n1. The fourth-order valence-electron chi connectivity index (χ4n) is 0.676. The Labute approximate surface area is 90.9 Å². The minimum Gasteiger partial charge on any atom is -0.467 e. The normalized spacial score (nSPS) is 12.6. The minimum absolute atomic E-state index is 0.0122. The van der Waals surface area contributed by atoms with Crippen LogP contribution in [0.3, 0.4) is 0 Å². The van der Waals surface area contributed by atoms with Crippen LogP contribution in [0.2, 0.25) is 5.28 Å². The molecule has 1 unspecified atom stereocenters. The number of aliphatic hydroxyl groups excluding tert-OH is 1. The fourth-order valence-corrected chi connectivity index (χ4v) is 1.58. The molecule has 1 rings (SSSR count). The summed E-state index contributed by atoms with van der Waals surface area (Å²) < 4.78 is 4.83. The van der Waals surface area contributed by atoms with Crippen LogP contribution in [0.1, 0.15) is 6.92 Å². The van der Waals surface area contributed by atoms with Crippen molar-refractivity contribution in [3.63, 3.8) is 0 Å². The third kappa shape index (κ3) is 3.28. The molecule has 0 aromatic carbocycles. The standard InChI is InChI=1S/C7H10ClN3O2S/c1-4(3-12)14-7-10-5(8)9-6(11-7)13-2/h4,12H,3H2,1-2H3. The molecular weight excluding hydrogens is 226 g/mol. The number of methoxy groups -OCH3 is 1. The van der Waals surface area contributed by atoms with Crippen LogP contribution >= 0.6 is 23.4 Å². The van der Waals surface area contributed by atoms with E-state index < -0.39 is 0 Å². The zero-order chi connectivity index (χ0) is 10.6. The van der Waals surface area contributed by atoms with E-state index >= 15 is 0 Å². The number of hydrogen-bond acceptors (Lipinski definition) is 6. The van der Waals surface area contributed by atoms with Gasteiger partial charge in [-0.1, -0.05) is 18.7 Å². The number of aromatic nitrogens is 3. The highest BCUT2D eigenvalue weighted by atomic mass is 35.5. The highest BCUT2D eigenvalue weighted by Crippen LogP contribution is 2.21. The van der Waals surface area contributed by atoms with Gasteiger partial charge in [0.15, 0.2) is 5.16 Å². The molecule has 1 aromatic heterocycles. The fraction of sp³-hybridized carbons (Fsp3) is 0.571. The third-order valence-corrected chi connectivity index (χ3v) is 2.43. The second kappa shape index (κ2) is 5.33. The highest BCUT2D eigenvalue weighted by molar-refractivity contribution is 7.99. The predicted octanol–water partition coefficient (Wildman–Crippen LogP) is 1.01. The molecule has 0 saturated heterocycles. The number of nitrogens with zero attached hydrogens (tertiary/aromatic N) is 3. The molecule has 0 spiro atoms. The molecule has 0 aliphatic heterocycles. The number of ether oxygens (including phenoxy) is 1. The lowest BCUT2D eigenvalue weighted by molar-refractivity contribution is 0.299. The van der Waals surface area contributed by atoms with Gasteiger partial charge in [0.25, 0.3) is 0 Å². The molecule has 1 N–H and O–H groups in total. The summed E-state index contributed by atoms with van der Waals surface area (Å²) in [6.45, 7) is 1.91. The first-order chi connectivity index (χ1) is 6.65. The molecule has 78 valence electrons. The second-order valence-electron chi connectivity index (χ2n) is 2.48. The first kappa shape index (κ1) is 11.5. The molecule has 0 fully saturated rings. The van der Waals surface area contributed by atoms with Crippen molar-refractivity contribution in [3.8, 4) is 6.01 Å². The zero-order valence-corrected chi connectivity index (χ0v) is 9.34. The Morgan fingerprint density at radius 3 is 2.79 bits per heavy atom. The zero-order valence-electron chi connectivity index (χ0n) is 7.77. The van der Waals surface area contributed by atoms with E-state index in [0.29, 0.717) is 5.16 Å². The predicted molar refractivity (Wildman–Crippen MR) is 53.8 cm³/mol. The Kier molecular flexibility index (Phi) is 4.37. The molecule has 7 heteroatoms. The monoisotopic (exact) mass is 235 g/mol. The smallest absolute Gasteiger partial charge is 0.321 e. The number of hydrogen-bond donors (Lipinski definition) is 1. The van der Waals surface area contributed by atoms with Crippen molar-refractivity contribution in [1.29, 1.82) is 0 Å². The van der Waals surface area contributed by atoms with E-state index in [1.165, 1.54) is 18.9 Å². The van der Waals surface area contributed by atoms with E-state index in [9.17, 15) is 0 Å². The van der Waals surface area contributed by atoms with Gasteiger partial charge in [0.1, 0.15) is 0 Å². The Balaban J connectivity index is 2.81. The number of thioether (sulfide) groups is 1.